The molecule has 0 spiro atoms. The van der Waals surface area contributed by atoms with Gasteiger partial charge in [0.1, 0.15) is 0 Å². The highest BCUT2D eigenvalue weighted by atomic mass is 127. The third-order valence-corrected chi connectivity index (χ3v) is 3.32. The van der Waals surface area contributed by atoms with Crippen LogP contribution in [0.25, 0.3) is 0 Å². The number of benzene rings is 1. The van der Waals surface area contributed by atoms with Crippen LogP contribution in [-0.4, -0.2) is 24.6 Å². The highest BCUT2D eigenvalue weighted by molar-refractivity contribution is 14.0. The summed E-state index contributed by atoms with van der Waals surface area (Å²) in [5, 5.41) is 7.19. The van der Waals surface area contributed by atoms with Crippen LogP contribution in [0.4, 0.5) is 0 Å². The van der Waals surface area contributed by atoms with Crippen molar-refractivity contribution in [3.05, 3.63) is 58.7 Å². The van der Waals surface area contributed by atoms with Gasteiger partial charge in [-0.15, -0.1) is 24.0 Å². The summed E-state index contributed by atoms with van der Waals surface area (Å²) in [6.45, 7) is 3.94. The van der Waals surface area contributed by atoms with E-state index in [-0.39, 0.29) is 24.0 Å². The minimum Gasteiger partial charge on any atom is -0.481 e. The lowest BCUT2D eigenvalue weighted by Gasteiger charge is -2.11. The third kappa shape index (κ3) is 6.92. The lowest BCUT2D eigenvalue weighted by Crippen LogP contribution is -2.37. The average molecular weight is 461 g/mol. The Bertz CT molecular complexity index is 667. The van der Waals surface area contributed by atoms with Gasteiger partial charge in [0.2, 0.25) is 5.88 Å². The molecule has 2 rings (SSSR count). The summed E-state index contributed by atoms with van der Waals surface area (Å²) in [5.74, 6) is 1.34. The van der Waals surface area contributed by atoms with Gasteiger partial charge in [-0.25, -0.2) is 9.98 Å². The van der Waals surface area contributed by atoms with Crippen molar-refractivity contribution in [2.75, 3.05) is 13.7 Å². The molecule has 0 aliphatic rings. The van der Waals surface area contributed by atoms with E-state index in [1.165, 1.54) is 0 Å². The van der Waals surface area contributed by atoms with Gasteiger partial charge in [0, 0.05) is 17.6 Å². The van der Waals surface area contributed by atoms with Crippen molar-refractivity contribution in [2.45, 2.75) is 20.0 Å². The average Bonchev–Trinajstić information content (AvgIpc) is 2.57. The number of aromatic nitrogens is 1. The van der Waals surface area contributed by atoms with Crippen LogP contribution in [0, 0.1) is 0 Å². The molecule has 0 fully saturated rings. The largest absolute Gasteiger partial charge is 0.481 e. The number of halogens is 2. The Hall–Kier alpha value is -1.54. The number of guanidine groups is 1. The molecule has 2 aromatic rings. The molecule has 1 heterocycles. The van der Waals surface area contributed by atoms with Crippen LogP contribution >= 0.6 is 35.6 Å². The maximum atomic E-state index is 5.99. The van der Waals surface area contributed by atoms with Crippen molar-refractivity contribution < 1.29 is 4.74 Å². The van der Waals surface area contributed by atoms with Crippen LogP contribution in [0.1, 0.15) is 18.2 Å². The number of nitrogens with zero attached hydrogens (tertiary/aromatic N) is 2. The number of aliphatic imine (C=N–C) groups is 1. The molecule has 0 amide bonds. The number of pyridine rings is 1. The van der Waals surface area contributed by atoms with E-state index in [4.69, 9.17) is 16.3 Å². The van der Waals surface area contributed by atoms with Gasteiger partial charge < -0.3 is 15.4 Å². The maximum Gasteiger partial charge on any atom is 0.213 e. The van der Waals surface area contributed by atoms with Gasteiger partial charge in [-0.3, -0.25) is 0 Å². The molecule has 130 valence electrons. The van der Waals surface area contributed by atoms with E-state index in [0.717, 1.165) is 28.8 Å². The molecule has 1 aromatic heterocycles. The molecule has 0 bridgehead atoms. The van der Waals surface area contributed by atoms with Gasteiger partial charge >= 0.3 is 0 Å². The summed E-state index contributed by atoms with van der Waals surface area (Å²) in [7, 11) is 1.61. The molecule has 0 saturated carbocycles. The molecule has 0 saturated heterocycles. The summed E-state index contributed by atoms with van der Waals surface area (Å²) in [5.41, 5.74) is 1.95. The Morgan fingerprint density at radius 2 is 2.00 bits per heavy atom. The zero-order valence-corrected chi connectivity index (χ0v) is 16.8. The molecule has 2 N–H and O–H groups in total. The van der Waals surface area contributed by atoms with Crippen LogP contribution in [-0.2, 0) is 13.1 Å². The number of ether oxygens (including phenoxy) is 1. The van der Waals surface area contributed by atoms with Gasteiger partial charge in [0.05, 0.1) is 25.9 Å². The highest BCUT2D eigenvalue weighted by Gasteiger charge is 2.01. The van der Waals surface area contributed by atoms with Crippen LogP contribution in [0.15, 0.2) is 47.5 Å². The van der Waals surface area contributed by atoms with Crippen LogP contribution in [0.5, 0.6) is 5.88 Å². The zero-order chi connectivity index (χ0) is 16.5. The highest BCUT2D eigenvalue weighted by Crippen LogP contribution is 2.11. The van der Waals surface area contributed by atoms with Crippen molar-refractivity contribution in [3.63, 3.8) is 0 Å². The Morgan fingerprint density at radius 1 is 1.21 bits per heavy atom. The smallest absolute Gasteiger partial charge is 0.213 e. The Labute approximate surface area is 164 Å². The molecule has 0 unspecified atom stereocenters. The van der Waals surface area contributed by atoms with E-state index in [9.17, 15) is 0 Å². The molecule has 0 aliphatic carbocycles. The van der Waals surface area contributed by atoms with Gasteiger partial charge in [-0.05, 0) is 30.7 Å². The molecular formula is C17H22ClIN4O. The standard InChI is InChI=1S/C17H21ClN4O.HI/c1-3-19-17(20-11-13-6-4-7-14(18)10-13)21-12-15-8-5-9-16(22-15)23-2;/h4-10H,3,11-12H2,1-2H3,(H2,19,20,21);1H. The van der Waals surface area contributed by atoms with Crippen molar-refractivity contribution in [1.82, 2.24) is 15.6 Å². The summed E-state index contributed by atoms with van der Waals surface area (Å²) in [6, 6.07) is 13.4. The molecule has 0 aliphatic heterocycles. The quantitative estimate of drug-likeness (QED) is 0.393. The SMILES string of the molecule is CCNC(=NCc1cccc(Cl)c1)NCc1cccc(OC)n1.I. The number of rotatable bonds is 6. The lowest BCUT2D eigenvalue weighted by atomic mass is 10.2. The minimum absolute atomic E-state index is 0. The summed E-state index contributed by atoms with van der Waals surface area (Å²) in [6.07, 6.45) is 0. The van der Waals surface area contributed by atoms with Gasteiger partial charge in [0.15, 0.2) is 5.96 Å². The van der Waals surface area contributed by atoms with Crippen molar-refractivity contribution in [3.8, 4) is 5.88 Å². The molecule has 0 atom stereocenters. The number of hydrogen-bond donors (Lipinski definition) is 2. The first-order chi connectivity index (χ1) is 11.2. The first-order valence-electron chi connectivity index (χ1n) is 7.48. The summed E-state index contributed by atoms with van der Waals surface area (Å²) in [4.78, 5) is 8.93. The maximum absolute atomic E-state index is 5.99. The zero-order valence-electron chi connectivity index (χ0n) is 13.8. The summed E-state index contributed by atoms with van der Waals surface area (Å²) >= 11 is 5.99. The minimum atomic E-state index is 0. The molecule has 1 aromatic carbocycles. The number of hydrogen-bond acceptors (Lipinski definition) is 3. The molecule has 0 radical (unpaired) electrons. The van der Waals surface area contributed by atoms with Gasteiger partial charge in [-0.1, -0.05) is 29.8 Å². The molecular weight excluding hydrogens is 439 g/mol. The lowest BCUT2D eigenvalue weighted by molar-refractivity contribution is 0.396. The second kappa shape index (κ2) is 11.1. The first kappa shape index (κ1) is 20.5. The summed E-state index contributed by atoms with van der Waals surface area (Å²) < 4.78 is 5.13. The van der Waals surface area contributed by atoms with Crippen molar-refractivity contribution in [1.29, 1.82) is 0 Å². The fourth-order valence-electron chi connectivity index (χ4n) is 1.99. The van der Waals surface area contributed by atoms with Crippen LogP contribution in [0.2, 0.25) is 5.02 Å². The van der Waals surface area contributed by atoms with E-state index < -0.39 is 0 Å². The monoisotopic (exact) mass is 460 g/mol. The Morgan fingerprint density at radius 3 is 2.71 bits per heavy atom. The van der Waals surface area contributed by atoms with E-state index >= 15 is 0 Å². The second-order valence-electron chi connectivity index (χ2n) is 4.85. The van der Waals surface area contributed by atoms with Crippen molar-refractivity contribution in [2.24, 2.45) is 4.99 Å². The van der Waals surface area contributed by atoms with Crippen molar-refractivity contribution >= 4 is 41.5 Å². The van der Waals surface area contributed by atoms with Crippen LogP contribution in [0.3, 0.4) is 0 Å². The molecule has 7 heteroatoms. The van der Waals surface area contributed by atoms with E-state index in [1.54, 1.807) is 7.11 Å². The first-order valence-corrected chi connectivity index (χ1v) is 7.85. The topological polar surface area (TPSA) is 58.5 Å². The number of methoxy groups -OCH3 is 1. The fraction of sp³-hybridized carbons (Fsp3) is 0.294. The Kier molecular flexibility index (Phi) is 9.48. The van der Waals surface area contributed by atoms with E-state index in [1.807, 2.05) is 49.4 Å². The third-order valence-electron chi connectivity index (χ3n) is 3.08. The Balaban J connectivity index is 0.00000288. The molecule has 5 nitrogen and oxygen atoms in total. The second-order valence-corrected chi connectivity index (χ2v) is 5.29. The van der Waals surface area contributed by atoms with Crippen LogP contribution < -0.4 is 15.4 Å². The predicted molar refractivity (Wildman–Crippen MR) is 109 cm³/mol. The van der Waals surface area contributed by atoms with E-state index in [0.29, 0.717) is 19.0 Å². The molecule has 24 heavy (non-hydrogen) atoms. The normalized spacial score (nSPS) is 10.7. The van der Waals surface area contributed by atoms with Gasteiger partial charge in [-0.2, -0.15) is 0 Å². The van der Waals surface area contributed by atoms with Gasteiger partial charge in [0.25, 0.3) is 0 Å². The number of nitrogens with one attached hydrogen (secondary N) is 2. The predicted octanol–water partition coefficient (Wildman–Crippen LogP) is 3.62. The van der Waals surface area contributed by atoms with E-state index in [2.05, 4.69) is 20.6 Å². The fourth-order valence-corrected chi connectivity index (χ4v) is 2.20.